The summed E-state index contributed by atoms with van der Waals surface area (Å²) in [5, 5.41) is 8.69. The molecule has 1 fully saturated rings. The third kappa shape index (κ3) is 2.88. The van der Waals surface area contributed by atoms with Crippen molar-refractivity contribution < 1.29 is 0 Å². The lowest BCUT2D eigenvalue weighted by atomic mass is 10.0. The highest BCUT2D eigenvalue weighted by Gasteiger charge is 2.26. The molecule has 1 N–H and O–H groups in total. The van der Waals surface area contributed by atoms with Crippen molar-refractivity contribution in [2.24, 2.45) is 7.05 Å². The van der Waals surface area contributed by atoms with E-state index in [-0.39, 0.29) is 0 Å². The van der Waals surface area contributed by atoms with Crippen LogP contribution in [-0.4, -0.2) is 33.9 Å². The Kier molecular flexibility index (Phi) is 4.55. The van der Waals surface area contributed by atoms with Crippen LogP contribution in [0.25, 0.3) is 0 Å². The van der Waals surface area contributed by atoms with Crippen molar-refractivity contribution in [3.05, 3.63) is 15.9 Å². The Morgan fingerprint density at radius 1 is 1.65 bits per heavy atom. The van der Waals surface area contributed by atoms with Gasteiger partial charge in [0.25, 0.3) is 0 Å². The van der Waals surface area contributed by atoms with Crippen molar-refractivity contribution in [2.75, 3.05) is 12.8 Å². The smallest absolute Gasteiger partial charge is 0.0738 e. The predicted molar refractivity (Wildman–Crippen MR) is 77.7 cm³/mol. The zero-order valence-corrected chi connectivity index (χ0v) is 13.1. The van der Waals surface area contributed by atoms with Crippen LogP contribution in [-0.2, 0) is 13.5 Å². The Hall–Kier alpha value is -0.000000000000000111. The number of hydrogen-bond acceptors (Lipinski definition) is 3. The first kappa shape index (κ1) is 13.4. The number of thioether (sulfide) groups is 1. The number of hydrogen-bond donors (Lipinski definition) is 1. The van der Waals surface area contributed by atoms with E-state index in [1.54, 1.807) is 0 Å². The molecule has 0 saturated carbocycles. The fourth-order valence-corrected chi connectivity index (χ4v) is 4.38. The fraction of sp³-hybridized carbons (Fsp3) is 0.750. The predicted octanol–water partition coefficient (Wildman–Crippen LogP) is 2.52. The zero-order valence-electron chi connectivity index (χ0n) is 10.7. The lowest BCUT2D eigenvalue weighted by Crippen LogP contribution is -2.37. The molecule has 0 aliphatic carbocycles. The van der Waals surface area contributed by atoms with Gasteiger partial charge in [0.05, 0.1) is 15.9 Å². The van der Waals surface area contributed by atoms with Crippen LogP contribution in [0.3, 0.4) is 0 Å². The van der Waals surface area contributed by atoms with E-state index in [0.29, 0.717) is 6.04 Å². The first-order valence-electron chi connectivity index (χ1n) is 6.10. The van der Waals surface area contributed by atoms with Gasteiger partial charge in [-0.2, -0.15) is 16.9 Å². The van der Waals surface area contributed by atoms with Gasteiger partial charge in [-0.25, -0.2) is 0 Å². The standard InChI is InChI=1S/C12H20BrN3S/c1-8-12(13)10(16(3)15-8)7-9(14-2)11-5-4-6-17-11/h9,11,14H,4-7H2,1-3H3. The first-order chi connectivity index (χ1) is 8.13. The van der Waals surface area contributed by atoms with Crippen LogP contribution in [0, 0.1) is 6.92 Å². The van der Waals surface area contributed by atoms with E-state index in [1.165, 1.54) is 28.8 Å². The second-order valence-electron chi connectivity index (χ2n) is 4.62. The molecule has 96 valence electrons. The second-order valence-corrected chi connectivity index (χ2v) is 6.76. The van der Waals surface area contributed by atoms with Gasteiger partial charge in [0.1, 0.15) is 0 Å². The molecule has 1 saturated heterocycles. The number of rotatable bonds is 4. The zero-order chi connectivity index (χ0) is 12.4. The Balaban J connectivity index is 2.12. The average molecular weight is 318 g/mol. The molecule has 0 radical (unpaired) electrons. The molecule has 2 unspecified atom stereocenters. The SMILES string of the molecule is CNC(Cc1c(Br)c(C)nn1C)C1CCCS1. The summed E-state index contributed by atoms with van der Waals surface area (Å²) in [6.45, 7) is 2.05. The van der Waals surface area contributed by atoms with Crippen LogP contribution in [0.5, 0.6) is 0 Å². The number of nitrogens with zero attached hydrogens (tertiary/aromatic N) is 2. The molecule has 1 aliphatic heterocycles. The summed E-state index contributed by atoms with van der Waals surface area (Å²) in [5.74, 6) is 1.31. The highest BCUT2D eigenvalue weighted by molar-refractivity contribution is 9.10. The van der Waals surface area contributed by atoms with Crippen LogP contribution >= 0.6 is 27.7 Å². The van der Waals surface area contributed by atoms with E-state index in [2.05, 4.69) is 45.2 Å². The van der Waals surface area contributed by atoms with Crippen LogP contribution in [0.1, 0.15) is 24.2 Å². The molecule has 1 aromatic rings. The van der Waals surface area contributed by atoms with Gasteiger partial charge < -0.3 is 5.32 Å². The van der Waals surface area contributed by atoms with Crippen molar-refractivity contribution in [3.63, 3.8) is 0 Å². The fourth-order valence-electron chi connectivity index (χ4n) is 2.45. The van der Waals surface area contributed by atoms with Gasteiger partial charge in [0.2, 0.25) is 0 Å². The summed E-state index contributed by atoms with van der Waals surface area (Å²) >= 11 is 5.75. The topological polar surface area (TPSA) is 29.9 Å². The van der Waals surface area contributed by atoms with Gasteiger partial charge in [-0.3, -0.25) is 4.68 Å². The van der Waals surface area contributed by atoms with Gasteiger partial charge >= 0.3 is 0 Å². The molecule has 5 heteroatoms. The average Bonchev–Trinajstić information content (AvgIpc) is 2.89. The van der Waals surface area contributed by atoms with Gasteiger partial charge in [-0.15, -0.1) is 0 Å². The van der Waals surface area contributed by atoms with E-state index in [9.17, 15) is 0 Å². The van der Waals surface area contributed by atoms with Crippen molar-refractivity contribution in [1.29, 1.82) is 0 Å². The van der Waals surface area contributed by atoms with Crippen molar-refractivity contribution >= 4 is 27.7 Å². The van der Waals surface area contributed by atoms with E-state index < -0.39 is 0 Å². The summed E-state index contributed by atoms with van der Waals surface area (Å²) in [6.07, 6.45) is 3.75. The molecule has 0 amide bonds. The Morgan fingerprint density at radius 2 is 2.41 bits per heavy atom. The Bertz CT molecular complexity index is 385. The summed E-state index contributed by atoms with van der Waals surface area (Å²) in [6, 6.07) is 0.550. The van der Waals surface area contributed by atoms with E-state index in [0.717, 1.165) is 17.4 Å². The Labute approximate surface area is 116 Å². The third-order valence-corrected chi connectivity index (χ3v) is 6.01. The number of likely N-dealkylation sites (N-methyl/N-ethyl adjacent to an activating group) is 1. The van der Waals surface area contributed by atoms with Crippen LogP contribution in [0.2, 0.25) is 0 Å². The van der Waals surface area contributed by atoms with Crippen LogP contribution in [0.4, 0.5) is 0 Å². The lowest BCUT2D eigenvalue weighted by molar-refractivity contribution is 0.506. The number of aromatic nitrogens is 2. The van der Waals surface area contributed by atoms with Gasteiger partial charge in [0, 0.05) is 24.8 Å². The minimum Gasteiger partial charge on any atom is -0.316 e. The minimum atomic E-state index is 0.550. The largest absolute Gasteiger partial charge is 0.316 e. The molecule has 0 bridgehead atoms. The molecular weight excluding hydrogens is 298 g/mol. The highest BCUT2D eigenvalue weighted by atomic mass is 79.9. The summed E-state index contributed by atoms with van der Waals surface area (Å²) in [7, 11) is 4.10. The first-order valence-corrected chi connectivity index (χ1v) is 7.94. The summed E-state index contributed by atoms with van der Waals surface area (Å²) < 4.78 is 3.17. The van der Waals surface area contributed by atoms with Crippen LogP contribution in [0.15, 0.2) is 4.47 Å². The molecule has 17 heavy (non-hydrogen) atoms. The minimum absolute atomic E-state index is 0.550. The summed E-state index contributed by atoms with van der Waals surface area (Å²) in [5.41, 5.74) is 2.38. The maximum atomic E-state index is 4.46. The van der Waals surface area contributed by atoms with E-state index >= 15 is 0 Å². The molecule has 3 nitrogen and oxygen atoms in total. The van der Waals surface area contributed by atoms with E-state index in [4.69, 9.17) is 0 Å². The molecule has 2 rings (SSSR count). The normalized spacial score (nSPS) is 22.0. The monoisotopic (exact) mass is 317 g/mol. The maximum absolute atomic E-state index is 4.46. The van der Waals surface area contributed by atoms with Gasteiger partial charge in [-0.05, 0) is 48.5 Å². The quantitative estimate of drug-likeness (QED) is 0.925. The molecule has 1 aromatic heterocycles. The van der Waals surface area contributed by atoms with Crippen molar-refractivity contribution in [2.45, 2.75) is 37.5 Å². The Morgan fingerprint density at radius 3 is 2.88 bits per heavy atom. The number of halogens is 1. The second kappa shape index (κ2) is 5.76. The molecular formula is C12H20BrN3S. The van der Waals surface area contributed by atoms with E-state index in [1.807, 2.05) is 18.7 Å². The number of nitrogens with one attached hydrogen (secondary N) is 1. The van der Waals surface area contributed by atoms with Crippen molar-refractivity contribution in [1.82, 2.24) is 15.1 Å². The van der Waals surface area contributed by atoms with Crippen LogP contribution < -0.4 is 5.32 Å². The van der Waals surface area contributed by atoms with Gasteiger partial charge in [-0.1, -0.05) is 0 Å². The molecule has 1 aliphatic rings. The molecule has 2 heterocycles. The lowest BCUT2D eigenvalue weighted by Gasteiger charge is -2.22. The molecule has 0 spiro atoms. The van der Waals surface area contributed by atoms with Crippen molar-refractivity contribution in [3.8, 4) is 0 Å². The van der Waals surface area contributed by atoms with Gasteiger partial charge in [0.15, 0.2) is 0 Å². The molecule has 2 atom stereocenters. The maximum Gasteiger partial charge on any atom is 0.0738 e. The third-order valence-electron chi connectivity index (χ3n) is 3.46. The highest BCUT2D eigenvalue weighted by Crippen LogP contribution is 2.31. The number of aryl methyl sites for hydroxylation is 2. The molecule has 0 aromatic carbocycles. The summed E-state index contributed by atoms with van der Waals surface area (Å²) in [4.78, 5) is 0.